The van der Waals surface area contributed by atoms with Gasteiger partial charge in [0.15, 0.2) is 0 Å². The van der Waals surface area contributed by atoms with Gasteiger partial charge in [0.1, 0.15) is 11.6 Å². The molecule has 4 heteroatoms. The number of hydrogen-bond donors (Lipinski definition) is 1. The number of carbonyl (C=O) groups is 1. The first-order chi connectivity index (χ1) is 10.1. The molecule has 0 aromatic heterocycles. The average Bonchev–Trinajstić information content (AvgIpc) is 2.50. The van der Waals surface area contributed by atoms with Crippen molar-refractivity contribution in [2.45, 2.75) is 18.8 Å². The van der Waals surface area contributed by atoms with Crippen LogP contribution >= 0.6 is 15.9 Å². The molecular weight excluding hydrogens is 333 g/mol. The van der Waals surface area contributed by atoms with E-state index in [1.165, 1.54) is 6.07 Å². The SMILES string of the molecule is O=C(Cc1cc(Br)ccc1F)C1CCNc2ccccc21. The maximum Gasteiger partial charge on any atom is 0.144 e. The van der Waals surface area contributed by atoms with Crippen LogP contribution in [0.2, 0.25) is 0 Å². The van der Waals surface area contributed by atoms with Crippen LogP contribution in [0, 0.1) is 5.82 Å². The smallest absolute Gasteiger partial charge is 0.144 e. The molecule has 0 amide bonds. The lowest BCUT2D eigenvalue weighted by atomic mass is 9.85. The minimum atomic E-state index is -0.325. The molecule has 1 atom stereocenters. The van der Waals surface area contributed by atoms with Crippen LogP contribution < -0.4 is 5.32 Å². The maximum absolute atomic E-state index is 13.8. The molecule has 3 rings (SSSR count). The first kappa shape index (κ1) is 14.3. The number of para-hydroxylation sites is 1. The number of benzene rings is 2. The van der Waals surface area contributed by atoms with Gasteiger partial charge >= 0.3 is 0 Å². The molecule has 1 aliphatic heterocycles. The first-order valence-electron chi connectivity index (χ1n) is 6.94. The maximum atomic E-state index is 13.8. The largest absolute Gasteiger partial charge is 0.385 e. The number of fused-ring (bicyclic) bond motifs is 1. The average molecular weight is 348 g/mol. The molecule has 0 radical (unpaired) electrons. The van der Waals surface area contributed by atoms with Crippen molar-refractivity contribution in [2.75, 3.05) is 11.9 Å². The van der Waals surface area contributed by atoms with E-state index in [9.17, 15) is 9.18 Å². The molecule has 2 aromatic rings. The van der Waals surface area contributed by atoms with Crippen LogP contribution in [0.5, 0.6) is 0 Å². The third-order valence-electron chi connectivity index (χ3n) is 3.85. The molecule has 0 bridgehead atoms. The fraction of sp³-hybridized carbons (Fsp3) is 0.235. The number of anilines is 1. The van der Waals surface area contributed by atoms with Crippen LogP contribution in [0.3, 0.4) is 0 Å². The van der Waals surface area contributed by atoms with Crippen molar-refractivity contribution in [3.8, 4) is 0 Å². The third-order valence-corrected chi connectivity index (χ3v) is 4.34. The van der Waals surface area contributed by atoms with E-state index in [1.54, 1.807) is 12.1 Å². The highest BCUT2D eigenvalue weighted by Crippen LogP contribution is 2.33. The highest BCUT2D eigenvalue weighted by atomic mass is 79.9. The molecule has 0 fully saturated rings. The molecule has 2 nitrogen and oxygen atoms in total. The Morgan fingerprint density at radius 3 is 2.95 bits per heavy atom. The van der Waals surface area contributed by atoms with Crippen molar-refractivity contribution >= 4 is 27.4 Å². The second-order valence-electron chi connectivity index (χ2n) is 5.23. The van der Waals surface area contributed by atoms with Gasteiger partial charge < -0.3 is 5.32 Å². The van der Waals surface area contributed by atoms with E-state index in [1.807, 2.05) is 24.3 Å². The molecule has 1 aliphatic rings. The van der Waals surface area contributed by atoms with Crippen LogP contribution in [0.15, 0.2) is 46.9 Å². The van der Waals surface area contributed by atoms with Gasteiger partial charge in [-0.25, -0.2) is 4.39 Å². The topological polar surface area (TPSA) is 29.1 Å². The molecule has 0 saturated carbocycles. The fourth-order valence-electron chi connectivity index (χ4n) is 2.79. The molecule has 1 heterocycles. The van der Waals surface area contributed by atoms with Crippen LogP contribution in [0.1, 0.15) is 23.5 Å². The molecule has 1 unspecified atom stereocenters. The minimum absolute atomic E-state index is 0.0703. The van der Waals surface area contributed by atoms with Crippen molar-refractivity contribution in [1.29, 1.82) is 0 Å². The summed E-state index contributed by atoms with van der Waals surface area (Å²) in [5.41, 5.74) is 2.48. The number of Topliss-reactive ketones (excluding diaryl/α,β-unsaturated/α-hetero) is 1. The second kappa shape index (κ2) is 5.98. The van der Waals surface area contributed by atoms with Gasteiger partial charge in [0.25, 0.3) is 0 Å². The summed E-state index contributed by atoms with van der Waals surface area (Å²) in [5.74, 6) is -0.407. The quantitative estimate of drug-likeness (QED) is 0.896. The fourth-order valence-corrected chi connectivity index (χ4v) is 3.20. The highest BCUT2D eigenvalue weighted by molar-refractivity contribution is 9.10. The van der Waals surface area contributed by atoms with E-state index >= 15 is 0 Å². The Bertz CT molecular complexity index is 686. The molecule has 21 heavy (non-hydrogen) atoms. The van der Waals surface area contributed by atoms with Gasteiger partial charge in [0.2, 0.25) is 0 Å². The van der Waals surface area contributed by atoms with Crippen molar-refractivity contribution in [3.63, 3.8) is 0 Å². The second-order valence-corrected chi connectivity index (χ2v) is 6.15. The van der Waals surface area contributed by atoms with Gasteiger partial charge in [-0.3, -0.25) is 4.79 Å². The molecular formula is C17H15BrFNO. The summed E-state index contributed by atoms with van der Waals surface area (Å²) in [6.45, 7) is 0.772. The van der Waals surface area contributed by atoms with Gasteiger partial charge in [-0.15, -0.1) is 0 Å². The Balaban J connectivity index is 1.85. The van der Waals surface area contributed by atoms with Gasteiger partial charge in [0.05, 0.1) is 0 Å². The Morgan fingerprint density at radius 2 is 2.10 bits per heavy atom. The van der Waals surface area contributed by atoms with Crippen molar-refractivity contribution in [2.24, 2.45) is 0 Å². The van der Waals surface area contributed by atoms with Crippen molar-refractivity contribution in [1.82, 2.24) is 0 Å². The summed E-state index contributed by atoms with van der Waals surface area (Å²) in [4.78, 5) is 12.6. The van der Waals surface area contributed by atoms with Crippen LogP contribution in [0.25, 0.3) is 0 Å². The first-order valence-corrected chi connectivity index (χ1v) is 7.74. The van der Waals surface area contributed by atoms with Gasteiger partial charge in [-0.1, -0.05) is 34.1 Å². The number of rotatable bonds is 3. The summed E-state index contributed by atoms with van der Waals surface area (Å²) in [6.07, 6.45) is 0.885. The van der Waals surface area contributed by atoms with E-state index in [2.05, 4.69) is 21.2 Å². The third kappa shape index (κ3) is 3.00. The van der Waals surface area contributed by atoms with E-state index < -0.39 is 0 Å². The summed E-state index contributed by atoms with van der Waals surface area (Å²) in [6, 6.07) is 12.6. The van der Waals surface area contributed by atoms with E-state index in [0.29, 0.717) is 5.56 Å². The Hall–Kier alpha value is -1.68. The monoisotopic (exact) mass is 347 g/mol. The zero-order chi connectivity index (χ0) is 14.8. The van der Waals surface area contributed by atoms with Crippen molar-refractivity contribution in [3.05, 3.63) is 63.9 Å². The molecule has 108 valence electrons. The zero-order valence-electron chi connectivity index (χ0n) is 11.4. The lowest BCUT2D eigenvalue weighted by Gasteiger charge is -2.25. The Kier molecular flexibility index (Phi) is 4.06. The number of carbonyl (C=O) groups excluding carboxylic acids is 1. The normalized spacial score (nSPS) is 17.0. The van der Waals surface area contributed by atoms with E-state index in [4.69, 9.17) is 0 Å². The Morgan fingerprint density at radius 1 is 1.29 bits per heavy atom. The van der Waals surface area contributed by atoms with Crippen molar-refractivity contribution < 1.29 is 9.18 Å². The highest BCUT2D eigenvalue weighted by Gasteiger charge is 2.26. The number of halogens is 2. The molecule has 0 spiro atoms. The molecule has 0 saturated heterocycles. The molecule has 2 aromatic carbocycles. The van der Waals surface area contributed by atoms with Gasteiger partial charge in [0, 0.05) is 29.0 Å². The van der Waals surface area contributed by atoms with E-state index in [0.717, 1.165) is 28.7 Å². The van der Waals surface area contributed by atoms with Crippen LogP contribution in [0.4, 0.5) is 10.1 Å². The summed E-state index contributed by atoms with van der Waals surface area (Å²) < 4.78 is 14.6. The van der Waals surface area contributed by atoms with Crippen LogP contribution in [-0.2, 0) is 11.2 Å². The minimum Gasteiger partial charge on any atom is -0.385 e. The summed E-state index contributed by atoms with van der Waals surface area (Å²) in [7, 11) is 0. The predicted octanol–water partition coefficient (Wildman–Crippen LogP) is 4.30. The number of hydrogen-bond acceptors (Lipinski definition) is 2. The Labute approximate surface area is 131 Å². The van der Waals surface area contributed by atoms with E-state index in [-0.39, 0.29) is 23.9 Å². The lowest BCUT2D eigenvalue weighted by molar-refractivity contribution is -0.120. The summed E-state index contributed by atoms with van der Waals surface area (Å²) in [5, 5.41) is 3.30. The lowest BCUT2D eigenvalue weighted by Crippen LogP contribution is -2.24. The molecule has 0 aliphatic carbocycles. The zero-order valence-corrected chi connectivity index (χ0v) is 13.0. The predicted molar refractivity (Wildman–Crippen MR) is 85.1 cm³/mol. The number of ketones is 1. The standard InChI is InChI=1S/C17H15BrFNO/c18-12-5-6-15(19)11(9-12)10-17(21)14-7-8-20-16-4-2-1-3-13(14)16/h1-6,9,14,20H,7-8,10H2. The molecule has 1 N–H and O–H groups in total. The van der Waals surface area contributed by atoms with Crippen LogP contribution in [-0.4, -0.2) is 12.3 Å². The van der Waals surface area contributed by atoms with Gasteiger partial charge in [-0.05, 0) is 41.8 Å². The van der Waals surface area contributed by atoms with Gasteiger partial charge in [-0.2, -0.15) is 0 Å². The summed E-state index contributed by atoms with van der Waals surface area (Å²) >= 11 is 3.32. The number of nitrogens with one attached hydrogen (secondary N) is 1.